The molecule has 0 aromatic carbocycles. The minimum atomic E-state index is -0.0860. The summed E-state index contributed by atoms with van der Waals surface area (Å²) < 4.78 is 10.8. The van der Waals surface area contributed by atoms with Crippen molar-refractivity contribution in [2.75, 3.05) is 53.0 Å². The van der Waals surface area contributed by atoms with Crippen LogP contribution in [0.25, 0.3) is 0 Å². The average molecular weight is 512 g/mol. The second kappa shape index (κ2) is 17.3. The van der Waals surface area contributed by atoms with Gasteiger partial charge in [-0.2, -0.15) is 0 Å². The predicted octanol–water partition coefficient (Wildman–Crippen LogP) is 2.64. The monoisotopic (exact) mass is 512 g/mol. The molecular formula is C20H41IN4O3. The molecule has 0 aromatic heterocycles. The third kappa shape index (κ3) is 13.5. The first kappa shape index (κ1) is 27.4. The van der Waals surface area contributed by atoms with E-state index < -0.39 is 0 Å². The topological polar surface area (TPSA) is 75.2 Å². The van der Waals surface area contributed by atoms with Gasteiger partial charge < -0.3 is 20.1 Å². The van der Waals surface area contributed by atoms with Gasteiger partial charge in [0.25, 0.3) is 0 Å². The normalized spacial score (nSPS) is 17.9. The number of esters is 1. The van der Waals surface area contributed by atoms with Crippen LogP contribution < -0.4 is 10.6 Å². The van der Waals surface area contributed by atoms with Gasteiger partial charge in [-0.25, -0.2) is 0 Å². The van der Waals surface area contributed by atoms with Crippen LogP contribution in [0.5, 0.6) is 0 Å². The van der Waals surface area contributed by atoms with E-state index in [9.17, 15) is 4.79 Å². The van der Waals surface area contributed by atoms with E-state index in [4.69, 9.17) is 9.47 Å². The Hall–Kier alpha value is -0.610. The number of unbranched alkanes of at least 4 members (excludes halogenated alkanes) is 3. The number of morpholine rings is 1. The number of carbonyl (C=O) groups is 1. The number of halogens is 1. The van der Waals surface area contributed by atoms with Crippen molar-refractivity contribution in [3.8, 4) is 0 Å². The van der Waals surface area contributed by atoms with E-state index in [1.165, 1.54) is 0 Å². The first-order valence-electron chi connectivity index (χ1n) is 10.5. The highest BCUT2D eigenvalue weighted by molar-refractivity contribution is 14.0. The lowest BCUT2D eigenvalue weighted by atomic mass is 10.1. The number of rotatable bonds is 12. The van der Waals surface area contributed by atoms with E-state index in [1.807, 2.05) is 6.92 Å². The zero-order chi connectivity index (χ0) is 19.9. The number of carbonyl (C=O) groups excluding carboxylic acids is 1. The van der Waals surface area contributed by atoms with E-state index in [0.29, 0.717) is 18.9 Å². The van der Waals surface area contributed by atoms with Crippen molar-refractivity contribution in [2.45, 2.75) is 59.0 Å². The molecule has 0 bridgehead atoms. The van der Waals surface area contributed by atoms with Gasteiger partial charge in [-0.1, -0.05) is 26.7 Å². The molecule has 1 aliphatic heterocycles. The van der Waals surface area contributed by atoms with Crippen LogP contribution >= 0.6 is 24.0 Å². The molecule has 0 aromatic rings. The SMILES string of the molecule is CCOC(=O)CCCCCCNC(=NC)NCC1CN(CC(C)C)CCO1.I. The first-order chi connectivity index (χ1) is 13.0. The Morgan fingerprint density at radius 3 is 2.68 bits per heavy atom. The molecule has 1 saturated heterocycles. The summed E-state index contributed by atoms with van der Waals surface area (Å²) in [6.07, 6.45) is 4.84. The van der Waals surface area contributed by atoms with Gasteiger partial charge in [0.05, 0.1) is 19.3 Å². The third-order valence-corrected chi connectivity index (χ3v) is 4.47. The van der Waals surface area contributed by atoms with Gasteiger partial charge in [-0.3, -0.25) is 14.7 Å². The number of hydrogen-bond donors (Lipinski definition) is 2. The molecule has 7 nitrogen and oxygen atoms in total. The van der Waals surface area contributed by atoms with Crippen molar-refractivity contribution in [1.82, 2.24) is 15.5 Å². The zero-order valence-corrected chi connectivity index (χ0v) is 20.5. The molecular weight excluding hydrogens is 471 g/mol. The molecule has 166 valence electrons. The van der Waals surface area contributed by atoms with E-state index in [0.717, 1.165) is 71.0 Å². The minimum Gasteiger partial charge on any atom is -0.466 e. The molecule has 0 aliphatic carbocycles. The molecule has 2 N–H and O–H groups in total. The second-order valence-electron chi connectivity index (χ2n) is 7.50. The van der Waals surface area contributed by atoms with Crippen LogP contribution in [0.2, 0.25) is 0 Å². The fourth-order valence-corrected chi connectivity index (χ4v) is 3.21. The lowest BCUT2D eigenvalue weighted by molar-refractivity contribution is -0.143. The highest BCUT2D eigenvalue weighted by atomic mass is 127. The number of ether oxygens (including phenoxy) is 2. The number of nitrogens with one attached hydrogen (secondary N) is 2. The molecule has 28 heavy (non-hydrogen) atoms. The van der Waals surface area contributed by atoms with Crippen LogP contribution in [0, 0.1) is 5.92 Å². The number of nitrogens with zero attached hydrogens (tertiary/aromatic N) is 2. The molecule has 0 saturated carbocycles. The number of aliphatic imine (C=N–C) groups is 1. The molecule has 1 unspecified atom stereocenters. The molecule has 1 rings (SSSR count). The summed E-state index contributed by atoms with van der Waals surface area (Å²) in [7, 11) is 1.79. The standard InChI is InChI=1S/C20H40N4O3.HI/c1-5-26-19(25)10-8-6-7-9-11-22-20(21-4)23-14-18-16-24(12-13-27-18)15-17(2)3;/h17-18H,5-16H2,1-4H3,(H2,21,22,23);1H. The molecule has 8 heteroatoms. The highest BCUT2D eigenvalue weighted by Gasteiger charge is 2.20. The number of hydrogen-bond acceptors (Lipinski definition) is 5. The number of guanidine groups is 1. The molecule has 1 aliphatic rings. The van der Waals surface area contributed by atoms with Gasteiger partial charge in [-0.15, -0.1) is 24.0 Å². The molecule has 1 atom stereocenters. The Labute approximate surface area is 188 Å². The van der Waals surface area contributed by atoms with Gasteiger partial charge >= 0.3 is 5.97 Å². The summed E-state index contributed by atoms with van der Waals surface area (Å²) in [4.78, 5) is 18.0. The Morgan fingerprint density at radius 2 is 2.00 bits per heavy atom. The van der Waals surface area contributed by atoms with Gasteiger partial charge in [-0.05, 0) is 25.7 Å². The van der Waals surface area contributed by atoms with Gasteiger partial charge in [0.2, 0.25) is 0 Å². The van der Waals surface area contributed by atoms with E-state index in [2.05, 4.69) is 34.4 Å². The quantitative estimate of drug-likeness (QED) is 0.138. The Bertz CT molecular complexity index is 436. The summed E-state index contributed by atoms with van der Waals surface area (Å²) >= 11 is 0. The van der Waals surface area contributed by atoms with Crippen LogP contribution in [-0.2, 0) is 14.3 Å². The fourth-order valence-electron chi connectivity index (χ4n) is 3.21. The fraction of sp³-hybridized carbons (Fsp3) is 0.900. The van der Waals surface area contributed by atoms with E-state index >= 15 is 0 Å². The summed E-state index contributed by atoms with van der Waals surface area (Å²) in [5.74, 6) is 1.42. The van der Waals surface area contributed by atoms with Crippen LogP contribution in [0.3, 0.4) is 0 Å². The Kier molecular flexibility index (Phi) is 16.9. The third-order valence-electron chi connectivity index (χ3n) is 4.47. The average Bonchev–Trinajstić information content (AvgIpc) is 2.63. The Balaban J connectivity index is 0.00000729. The van der Waals surface area contributed by atoms with Crippen molar-refractivity contribution in [1.29, 1.82) is 0 Å². The maximum Gasteiger partial charge on any atom is 0.305 e. The first-order valence-corrected chi connectivity index (χ1v) is 10.5. The second-order valence-corrected chi connectivity index (χ2v) is 7.50. The van der Waals surface area contributed by atoms with Crippen molar-refractivity contribution in [3.05, 3.63) is 0 Å². The largest absolute Gasteiger partial charge is 0.466 e. The minimum absolute atomic E-state index is 0. The predicted molar refractivity (Wildman–Crippen MR) is 126 cm³/mol. The van der Waals surface area contributed by atoms with Gasteiger partial charge in [0.15, 0.2) is 5.96 Å². The van der Waals surface area contributed by atoms with Crippen LogP contribution in [0.1, 0.15) is 52.9 Å². The Morgan fingerprint density at radius 1 is 1.25 bits per heavy atom. The molecule has 1 heterocycles. The lowest BCUT2D eigenvalue weighted by Gasteiger charge is -2.34. The van der Waals surface area contributed by atoms with E-state index in [-0.39, 0.29) is 36.0 Å². The molecule has 1 fully saturated rings. The molecule has 0 amide bonds. The lowest BCUT2D eigenvalue weighted by Crippen LogP contribution is -2.50. The van der Waals surface area contributed by atoms with Crippen LogP contribution in [0.4, 0.5) is 0 Å². The summed E-state index contributed by atoms with van der Waals surface area (Å²) in [6.45, 7) is 12.4. The maximum atomic E-state index is 11.3. The molecule has 0 radical (unpaired) electrons. The van der Waals surface area contributed by atoms with Gasteiger partial charge in [0.1, 0.15) is 0 Å². The summed E-state index contributed by atoms with van der Waals surface area (Å²) in [5, 5.41) is 6.72. The maximum absolute atomic E-state index is 11.3. The van der Waals surface area contributed by atoms with Crippen molar-refractivity contribution >= 4 is 35.9 Å². The molecule has 0 spiro atoms. The van der Waals surface area contributed by atoms with Crippen molar-refractivity contribution in [2.24, 2.45) is 10.9 Å². The summed E-state index contributed by atoms with van der Waals surface area (Å²) in [6, 6.07) is 0. The highest BCUT2D eigenvalue weighted by Crippen LogP contribution is 2.07. The van der Waals surface area contributed by atoms with Gasteiger partial charge in [0, 0.05) is 46.2 Å². The van der Waals surface area contributed by atoms with Crippen molar-refractivity contribution in [3.63, 3.8) is 0 Å². The smallest absolute Gasteiger partial charge is 0.305 e. The summed E-state index contributed by atoms with van der Waals surface area (Å²) in [5.41, 5.74) is 0. The van der Waals surface area contributed by atoms with Crippen molar-refractivity contribution < 1.29 is 14.3 Å². The van der Waals surface area contributed by atoms with Crippen LogP contribution in [0.15, 0.2) is 4.99 Å². The zero-order valence-electron chi connectivity index (χ0n) is 18.2. The van der Waals surface area contributed by atoms with E-state index in [1.54, 1.807) is 7.05 Å². The van der Waals surface area contributed by atoms with Crippen LogP contribution in [-0.4, -0.2) is 75.9 Å².